The summed E-state index contributed by atoms with van der Waals surface area (Å²) < 4.78 is 25.0. The fourth-order valence-electron chi connectivity index (χ4n) is 1.63. The Hall–Kier alpha value is -2.19. The number of carboxylic acids is 1. The number of benzene rings is 1. The molecule has 0 aliphatic rings. The summed E-state index contributed by atoms with van der Waals surface area (Å²) in [5.41, 5.74) is 0.848. The number of carbonyl (C=O) groups excluding carboxylic acids is 1. The van der Waals surface area contributed by atoms with E-state index in [4.69, 9.17) is 0 Å². The highest BCUT2D eigenvalue weighted by Crippen LogP contribution is 2.26. The van der Waals surface area contributed by atoms with Gasteiger partial charge in [-0.25, -0.2) is 12.7 Å². The zero-order valence-electron chi connectivity index (χ0n) is 12.5. The number of rotatable bonds is 6. The van der Waals surface area contributed by atoms with Crippen LogP contribution in [-0.2, 0) is 19.6 Å². The van der Waals surface area contributed by atoms with Gasteiger partial charge in [-0.3, -0.25) is 9.59 Å². The predicted octanol–water partition coefficient (Wildman–Crippen LogP) is 1.22. The minimum Gasteiger partial charge on any atom is -0.480 e. The maximum Gasteiger partial charge on any atom is 0.327 e. The van der Waals surface area contributed by atoms with E-state index in [9.17, 15) is 23.1 Å². The minimum atomic E-state index is -4.01. The maximum atomic E-state index is 12.1. The Bertz CT molecular complexity index is 692. The van der Waals surface area contributed by atoms with Gasteiger partial charge in [0.25, 0.3) is 5.91 Å². The SMILES string of the molecule is C=C(C)C(=O)Nc1ccc(C(C(=O)O)S(=O)(=O)N(C)C)cc1. The molecule has 2 N–H and O–H groups in total. The van der Waals surface area contributed by atoms with Gasteiger partial charge < -0.3 is 10.4 Å². The first-order chi connectivity index (χ1) is 10.1. The van der Waals surface area contributed by atoms with E-state index in [1.165, 1.54) is 38.4 Å². The molecule has 1 atom stereocenters. The average molecular weight is 326 g/mol. The molecule has 0 heterocycles. The Labute approximate surface area is 129 Å². The molecule has 1 unspecified atom stereocenters. The summed E-state index contributed by atoms with van der Waals surface area (Å²) in [6.45, 7) is 5.05. The van der Waals surface area contributed by atoms with Gasteiger partial charge in [0, 0.05) is 25.4 Å². The largest absolute Gasteiger partial charge is 0.480 e. The number of aliphatic carboxylic acids is 1. The normalized spacial score (nSPS) is 12.7. The van der Waals surface area contributed by atoms with Gasteiger partial charge in [0.15, 0.2) is 5.25 Å². The van der Waals surface area contributed by atoms with Gasteiger partial charge in [0.1, 0.15) is 0 Å². The molecular weight excluding hydrogens is 308 g/mol. The van der Waals surface area contributed by atoms with Crippen molar-refractivity contribution >= 4 is 27.6 Å². The summed E-state index contributed by atoms with van der Waals surface area (Å²) in [5, 5.41) is 10.1. The number of sulfonamides is 1. The second-order valence-corrected chi connectivity index (χ2v) is 7.13. The Morgan fingerprint density at radius 1 is 1.23 bits per heavy atom. The molecule has 0 saturated carbocycles. The van der Waals surface area contributed by atoms with Crippen LogP contribution in [0.25, 0.3) is 0 Å². The van der Waals surface area contributed by atoms with Crippen molar-refractivity contribution in [3.63, 3.8) is 0 Å². The third-order valence-electron chi connectivity index (χ3n) is 2.89. The summed E-state index contributed by atoms with van der Waals surface area (Å²) in [7, 11) is -1.47. The summed E-state index contributed by atoms with van der Waals surface area (Å²) in [4.78, 5) is 22.8. The first-order valence-electron chi connectivity index (χ1n) is 6.28. The van der Waals surface area contributed by atoms with Gasteiger partial charge in [-0.2, -0.15) is 0 Å². The maximum absolute atomic E-state index is 12.1. The zero-order valence-corrected chi connectivity index (χ0v) is 13.3. The van der Waals surface area contributed by atoms with Crippen molar-refractivity contribution in [3.05, 3.63) is 42.0 Å². The average Bonchev–Trinajstić information content (AvgIpc) is 2.39. The number of nitrogens with zero attached hydrogens (tertiary/aromatic N) is 1. The number of nitrogens with one attached hydrogen (secondary N) is 1. The van der Waals surface area contributed by atoms with E-state index >= 15 is 0 Å². The van der Waals surface area contributed by atoms with Crippen LogP contribution in [0.1, 0.15) is 17.7 Å². The van der Waals surface area contributed by atoms with Crippen LogP contribution in [0.3, 0.4) is 0 Å². The van der Waals surface area contributed by atoms with Crippen molar-refractivity contribution in [2.24, 2.45) is 0 Å². The molecule has 0 fully saturated rings. The highest BCUT2D eigenvalue weighted by molar-refractivity contribution is 7.90. The lowest BCUT2D eigenvalue weighted by atomic mass is 10.1. The number of carboxylic acid groups (broad SMARTS) is 1. The minimum absolute atomic E-state index is 0.106. The van der Waals surface area contributed by atoms with Gasteiger partial charge in [-0.15, -0.1) is 0 Å². The summed E-state index contributed by atoms with van der Waals surface area (Å²) in [6, 6.07) is 5.59. The number of hydrogen-bond acceptors (Lipinski definition) is 4. The second-order valence-electron chi connectivity index (χ2n) is 4.90. The molecule has 1 rings (SSSR count). The Balaban J connectivity index is 3.13. The van der Waals surface area contributed by atoms with E-state index < -0.39 is 21.2 Å². The van der Waals surface area contributed by atoms with Crippen molar-refractivity contribution in [1.82, 2.24) is 4.31 Å². The molecule has 0 spiro atoms. The van der Waals surface area contributed by atoms with Gasteiger partial charge in [-0.05, 0) is 24.6 Å². The molecule has 22 heavy (non-hydrogen) atoms. The molecule has 0 aliphatic heterocycles. The standard InChI is InChI=1S/C14H18N2O5S/c1-9(2)13(17)15-11-7-5-10(6-8-11)12(14(18)19)22(20,21)16(3)4/h5-8,12H,1H2,2-4H3,(H,15,17)(H,18,19). The van der Waals surface area contributed by atoms with Crippen LogP contribution in [0.15, 0.2) is 36.4 Å². The molecular formula is C14H18N2O5S. The lowest BCUT2D eigenvalue weighted by Gasteiger charge is -2.19. The Morgan fingerprint density at radius 3 is 2.09 bits per heavy atom. The van der Waals surface area contributed by atoms with Crippen LogP contribution in [-0.4, -0.2) is 43.8 Å². The van der Waals surface area contributed by atoms with Crippen LogP contribution in [0, 0.1) is 0 Å². The molecule has 0 saturated heterocycles. The molecule has 0 radical (unpaired) electrons. The lowest BCUT2D eigenvalue weighted by Crippen LogP contribution is -2.32. The van der Waals surface area contributed by atoms with E-state index in [-0.39, 0.29) is 11.5 Å². The molecule has 1 aromatic carbocycles. The third-order valence-corrected chi connectivity index (χ3v) is 4.98. The van der Waals surface area contributed by atoms with Crippen LogP contribution in [0.2, 0.25) is 0 Å². The monoisotopic (exact) mass is 326 g/mol. The van der Waals surface area contributed by atoms with Gasteiger partial charge in [-0.1, -0.05) is 18.7 Å². The number of hydrogen-bond donors (Lipinski definition) is 2. The van der Waals surface area contributed by atoms with Gasteiger partial charge in [0.2, 0.25) is 10.0 Å². The smallest absolute Gasteiger partial charge is 0.327 e. The van der Waals surface area contributed by atoms with Crippen LogP contribution in [0.4, 0.5) is 5.69 Å². The van der Waals surface area contributed by atoms with Crippen LogP contribution >= 0.6 is 0 Å². The molecule has 8 heteroatoms. The van der Waals surface area contributed by atoms with E-state index in [1.54, 1.807) is 6.92 Å². The molecule has 0 aromatic heterocycles. The van der Waals surface area contributed by atoms with E-state index in [1.807, 2.05) is 0 Å². The fourth-order valence-corrected chi connectivity index (χ4v) is 2.81. The van der Waals surface area contributed by atoms with Crippen molar-refractivity contribution in [1.29, 1.82) is 0 Å². The van der Waals surface area contributed by atoms with Crippen molar-refractivity contribution in [2.45, 2.75) is 12.2 Å². The topological polar surface area (TPSA) is 104 Å². The zero-order chi connectivity index (χ0) is 17.1. The predicted molar refractivity (Wildman–Crippen MR) is 82.9 cm³/mol. The van der Waals surface area contributed by atoms with Crippen molar-refractivity contribution < 1.29 is 23.1 Å². The van der Waals surface area contributed by atoms with Crippen LogP contribution < -0.4 is 5.32 Å². The van der Waals surface area contributed by atoms with Crippen molar-refractivity contribution in [3.8, 4) is 0 Å². The summed E-state index contributed by atoms with van der Waals surface area (Å²) in [6.07, 6.45) is 0. The molecule has 120 valence electrons. The number of carbonyl (C=O) groups is 2. The molecule has 0 bridgehead atoms. The fraction of sp³-hybridized carbons (Fsp3) is 0.286. The number of anilines is 1. The van der Waals surface area contributed by atoms with E-state index in [0.29, 0.717) is 11.3 Å². The highest BCUT2D eigenvalue weighted by atomic mass is 32.2. The first kappa shape index (κ1) is 17.9. The highest BCUT2D eigenvalue weighted by Gasteiger charge is 2.35. The molecule has 1 amide bonds. The molecule has 0 aliphatic carbocycles. The van der Waals surface area contributed by atoms with E-state index in [0.717, 1.165) is 4.31 Å². The summed E-state index contributed by atoms with van der Waals surface area (Å²) in [5.74, 6) is -1.84. The van der Waals surface area contributed by atoms with Gasteiger partial charge >= 0.3 is 5.97 Å². The first-order valence-corrected chi connectivity index (χ1v) is 7.78. The third kappa shape index (κ3) is 3.92. The Morgan fingerprint density at radius 2 is 1.73 bits per heavy atom. The number of amides is 1. The summed E-state index contributed by atoms with van der Waals surface area (Å²) >= 11 is 0. The van der Waals surface area contributed by atoms with Crippen molar-refractivity contribution in [2.75, 3.05) is 19.4 Å². The van der Waals surface area contributed by atoms with E-state index in [2.05, 4.69) is 11.9 Å². The quantitative estimate of drug-likeness (QED) is 0.765. The molecule has 7 nitrogen and oxygen atoms in total. The lowest BCUT2D eigenvalue weighted by molar-refractivity contribution is -0.136. The Kier molecular flexibility index (Phi) is 5.45. The second kappa shape index (κ2) is 6.71. The molecule has 1 aromatic rings. The van der Waals surface area contributed by atoms with Gasteiger partial charge in [0.05, 0.1) is 0 Å². The van der Waals surface area contributed by atoms with Crippen LogP contribution in [0.5, 0.6) is 0 Å².